The van der Waals surface area contributed by atoms with Gasteiger partial charge in [0.1, 0.15) is 0 Å². The standard InChI is InChI=1S/C26H31N5OS/c1-17(2)31-18(3)16-21(19(31)4)25-24(22-12-8-9-14-27-22)29-26(33)30(25)15-13-23(32)28-20-10-6-5-7-11-20/h5-12,14,16-17,24-25H,13,15H2,1-4H3,(H,28,32)(H,29,33)/t24-,25+/m0/s1. The Bertz CT molecular complexity index is 1130. The van der Waals surface area contributed by atoms with E-state index in [1.54, 1.807) is 0 Å². The van der Waals surface area contributed by atoms with Crippen LogP contribution in [0.4, 0.5) is 5.69 Å². The number of nitrogens with one attached hydrogen (secondary N) is 2. The smallest absolute Gasteiger partial charge is 0.226 e. The SMILES string of the molecule is Cc1cc([C@@H]2[C@H](c3ccccn3)NC(=S)N2CCC(=O)Nc2ccccc2)c(C)n1C(C)C. The Morgan fingerprint density at radius 1 is 1.15 bits per heavy atom. The summed E-state index contributed by atoms with van der Waals surface area (Å²) in [5.74, 6) is -0.0308. The van der Waals surface area contributed by atoms with Gasteiger partial charge in [0.25, 0.3) is 0 Å². The molecule has 3 heterocycles. The second-order valence-corrected chi connectivity index (χ2v) is 9.16. The van der Waals surface area contributed by atoms with Gasteiger partial charge in [0.15, 0.2) is 5.11 Å². The number of rotatable bonds is 7. The van der Waals surface area contributed by atoms with Crippen LogP contribution in [0.2, 0.25) is 0 Å². The zero-order valence-corrected chi connectivity index (χ0v) is 20.4. The summed E-state index contributed by atoms with van der Waals surface area (Å²) in [6.07, 6.45) is 2.15. The Kier molecular flexibility index (Phi) is 6.79. The second kappa shape index (κ2) is 9.75. The lowest BCUT2D eigenvalue weighted by molar-refractivity contribution is -0.116. The molecular weight excluding hydrogens is 430 g/mol. The van der Waals surface area contributed by atoms with Crippen LogP contribution in [0.3, 0.4) is 0 Å². The van der Waals surface area contributed by atoms with E-state index in [2.05, 4.69) is 58.8 Å². The molecule has 1 aliphatic heterocycles. The quantitative estimate of drug-likeness (QED) is 0.481. The lowest BCUT2D eigenvalue weighted by atomic mass is 9.96. The van der Waals surface area contributed by atoms with Crippen molar-refractivity contribution in [2.75, 3.05) is 11.9 Å². The van der Waals surface area contributed by atoms with Crippen molar-refractivity contribution in [2.24, 2.45) is 0 Å². The number of benzene rings is 1. The summed E-state index contributed by atoms with van der Waals surface area (Å²) in [7, 11) is 0. The van der Waals surface area contributed by atoms with E-state index in [9.17, 15) is 4.79 Å². The summed E-state index contributed by atoms with van der Waals surface area (Å²) in [4.78, 5) is 19.4. The lowest BCUT2D eigenvalue weighted by Crippen LogP contribution is -2.33. The van der Waals surface area contributed by atoms with Gasteiger partial charge in [-0.05, 0) is 75.8 Å². The summed E-state index contributed by atoms with van der Waals surface area (Å²) in [6.45, 7) is 9.22. The topological polar surface area (TPSA) is 62.2 Å². The molecule has 7 heteroatoms. The Hall–Kier alpha value is -3.19. The Morgan fingerprint density at radius 3 is 2.52 bits per heavy atom. The van der Waals surface area contributed by atoms with E-state index >= 15 is 0 Å². The van der Waals surface area contributed by atoms with E-state index in [1.807, 2.05) is 54.7 Å². The molecule has 172 valence electrons. The highest BCUT2D eigenvalue weighted by molar-refractivity contribution is 7.80. The molecule has 33 heavy (non-hydrogen) atoms. The van der Waals surface area contributed by atoms with Crippen LogP contribution >= 0.6 is 12.2 Å². The molecule has 2 atom stereocenters. The number of amides is 1. The molecule has 6 nitrogen and oxygen atoms in total. The Labute approximate surface area is 201 Å². The van der Waals surface area contributed by atoms with Crippen molar-refractivity contribution >= 4 is 28.9 Å². The average molecular weight is 462 g/mol. The number of aromatic nitrogens is 2. The van der Waals surface area contributed by atoms with Gasteiger partial charge in [0, 0.05) is 42.3 Å². The van der Waals surface area contributed by atoms with Crippen LogP contribution in [0.5, 0.6) is 0 Å². The molecule has 2 aromatic heterocycles. The fourth-order valence-electron chi connectivity index (χ4n) is 4.85. The number of nitrogens with zero attached hydrogens (tertiary/aromatic N) is 3. The van der Waals surface area contributed by atoms with Crippen LogP contribution in [0.15, 0.2) is 60.8 Å². The van der Waals surface area contributed by atoms with Crippen LogP contribution in [-0.4, -0.2) is 32.0 Å². The minimum Gasteiger partial charge on any atom is -0.352 e. The molecule has 0 unspecified atom stereocenters. The summed E-state index contributed by atoms with van der Waals surface area (Å²) in [5, 5.41) is 7.10. The van der Waals surface area contributed by atoms with Crippen molar-refractivity contribution in [3.8, 4) is 0 Å². The van der Waals surface area contributed by atoms with Gasteiger partial charge in [-0.25, -0.2) is 0 Å². The maximum Gasteiger partial charge on any atom is 0.226 e. The molecule has 0 aliphatic carbocycles. The molecule has 0 bridgehead atoms. The monoisotopic (exact) mass is 461 g/mol. The van der Waals surface area contributed by atoms with Crippen LogP contribution in [0.1, 0.15) is 61.0 Å². The first kappa shape index (κ1) is 23.0. The number of aryl methyl sites for hydroxylation is 1. The molecule has 1 fully saturated rings. The largest absolute Gasteiger partial charge is 0.352 e. The molecule has 0 spiro atoms. The average Bonchev–Trinajstić information content (AvgIpc) is 3.28. The summed E-state index contributed by atoms with van der Waals surface area (Å²) < 4.78 is 2.35. The van der Waals surface area contributed by atoms with E-state index in [0.29, 0.717) is 24.1 Å². The van der Waals surface area contributed by atoms with Crippen molar-refractivity contribution in [3.63, 3.8) is 0 Å². The number of carbonyl (C=O) groups is 1. The van der Waals surface area contributed by atoms with E-state index in [1.165, 1.54) is 17.0 Å². The molecule has 1 aromatic carbocycles. The zero-order chi connectivity index (χ0) is 23.5. The van der Waals surface area contributed by atoms with Gasteiger partial charge < -0.3 is 20.1 Å². The predicted octanol–water partition coefficient (Wildman–Crippen LogP) is 5.08. The number of hydrogen-bond donors (Lipinski definition) is 2. The fraction of sp³-hybridized carbons (Fsp3) is 0.346. The first-order chi connectivity index (χ1) is 15.9. The van der Waals surface area contributed by atoms with E-state index < -0.39 is 0 Å². The van der Waals surface area contributed by atoms with Crippen molar-refractivity contribution in [3.05, 3.63) is 83.4 Å². The third-order valence-corrected chi connectivity index (χ3v) is 6.55. The van der Waals surface area contributed by atoms with Gasteiger partial charge in [-0.2, -0.15) is 0 Å². The van der Waals surface area contributed by atoms with Crippen LogP contribution < -0.4 is 10.6 Å². The molecule has 0 radical (unpaired) electrons. The summed E-state index contributed by atoms with van der Waals surface area (Å²) in [6, 6.07) is 18.0. The van der Waals surface area contributed by atoms with E-state index in [-0.39, 0.29) is 18.0 Å². The number of carbonyl (C=O) groups excluding carboxylic acids is 1. The maximum atomic E-state index is 12.7. The first-order valence-corrected chi connectivity index (χ1v) is 11.8. The van der Waals surface area contributed by atoms with Crippen molar-refractivity contribution in [1.29, 1.82) is 0 Å². The van der Waals surface area contributed by atoms with Crippen molar-refractivity contribution in [2.45, 2.75) is 52.2 Å². The number of pyridine rings is 1. The van der Waals surface area contributed by atoms with Gasteiger partial charge in [-0.1, -0.05) is 24.3 Å². The molecule has 2 N–H and O–H groups in total. The normalized spacial score (nSPS) is 18.0. The van der Waals surface area contributed by atoms with E-state index in [0.717, 1.165) is 11.4 Å². The molecule has 3 aromatic rings. The van der Waals surface area contributed by atoms with Crippen molar-refractivity contribution < 1.29 is 4.79 Å². The number of para-hydroxylation sites is 1. The number of thiocarbonyl (C=S) groups is 1. The third kappa shape index (κ3) is 4.78. The number of hydrogen-bond acceptors (Lipinski definition) is 3. The zero-order valence-electron chi connectivity index (χ0n) is 19.6. The second-order valence-electron chi connectivity index (χ2n) is 8.77. The molecule has 4 rings (SSSR count). The van der Waals surface area contributed by atoms with Gasteiger partial charge in [0.05, 0.1) is 17.8 Å². The van der Waals surface area contributed by atoms with Crippen molar-refractivity contribution in [1.82, 2.24) is 19.8 Å². The van der Waals surface area contributed by atoms with E-state index in [4.69, 9.17) is 12.2 Å². The fourth-order valence-corrected chi connectivity index (χ4v) is 5.18. The van der Waals surface area contributed by atoms with Gasteiger partial charge >= 0.3 is 0 Å². The Balaban J connectivity index is 1.63. The first-order valence-electron chi connectivity index (χ1n) is 11.4. The van der Waals surface area contributed by atoms with Crippen LogP contribution in [-0.2, 0) is 4.79 Å². The third-order valence-electron chi connectivity index (χ3n) is 6.19. The predicted molar refractivity (Wildman–Crippen MR) is 136 cm³/mol. The molecule has 1 amide bonds. The molecule has 1 saturated heterocycles. The minimum absolute atomic E-state index is 0.0308. The summed E-state index contributed by atoms with van der Waals surface area (Å²) >= 11 is 5.76. The van der Waals surface area contributed by atoms with Gasteiger partial charge in [-0.3, -0.25) is 9.78 Å². The summed E-state index contributed by atoms with van der Waals surface area (Å²) in [5.41, 5.74) is 5.40. The maximum absolute atomic E-state index is 12.7. The van der Waals surface area contributed by atoms with Crippen LogP contribution in [0.25, 0.3) is 0 Å². The molecule has 0 saturated carbocycles. The molecule has 1 aliphatic rings. The molecular formula is C26H31N5OS. The highest BCUT2D eigenvalue weighted by atomic mass is 32.1. The van der Waals surface area contributed by atoms with Gasteiger partial charge in [-0.15, -0.1) is 0 Å². The highest BCUT2D eigenvalue weighted by Gasteiger charge is 2.41. The Morgan fingerprint density at radius 2 is 1.88 bits per heavy atom. The minimum atomic E-state index is -0.0861. The number of anilines is 1. The van der Waals surface area contributed by atoms with Gasteiger partial charge in [0.2, 0.25) is 5.91 Å². The lowest BCUT2D eigenvalue weighted by Gasteiger charge is -2.28. The highest BCUT2D eigenvalue weighted by Crippen LogP contribution is 2.41. The van der Waals surface area contributed by atoms with Crippen LogP contribution in [0, 0.1) is 13.8 Å².